The van der Waals surface area contributed by atoms with Crippen molar-refractivity contribution in [3.63, 3.8) is 0 Å². The van der Waals surface area contributed by atoms with Crippen LogP contribution in [0.3, 0.4) is 0 Å². The van der Waals surface area contributed by atoms with E-state index in [1.54, 1.807) is 0 Å². The quantitative estimate of drug-likeness (QED) is 0.779. The number of hydrogen-bond donors (Lipinski definition) is 1. The van der Waals surface area contributed by atoms with Crippen molar-refractivity contribution >= 4 is 11.5 Å². The van der Waals surface area contributed by atoms with E-state index in [1.165, 1.54) is 15.7 Å². The van der Waals surface area contributed by atoms with Gasteiger partial charge in [-0.2, -0.15) is 0 Å². The van der Waals surface area contributed by atoms with Crippen LogP contribution in [0.25, 0.3) is 5.57 Å². The molecule has 4 heteroatoms. The highest BCUT2D eigenvalue weighted by atomic mass is 16.5. The Labute approximate surface area is 128 Å². The van der Waals surface area contributed by atoms with Crippen LogP contribution in [0, 0.1) is 0 Å². The van der Waals surface area contributed by atoms with Crippen LogP contribution in [-0.2, 0) is 9.53 Å². The van der Waals surface area contributed by atoms with Crippen LogP contribution < -0.4 is 15.5 Å². The van der Waals surface area contributed by atoms with Gasteiger partial charge < -0.3 is 4.74 Å². The Kier molecular flexibility index (Phi) is 3.05. The topological polar surface area (TPSA) is 43.1 Å². The van der Waals surface area contributed by atoms with Gasteiger partial charge >= 0.3 is 5.97 Å². The second-order valence-corrected chi connectivity index (χ2v) is 5.55. The van der Waals surface area contributed by atoms with Gasteiger partial charge in [-0.05, 0) is 24.6 Å². The molecule has 3 aliphatic rings. The highest BCUT2D eigenvalue weighted by molar-refractivity contribution is 5.91. The molecule has 1 aromatic rings. The first-order valence-electron chi connectivity index (χ1n) is 7.62. The summed E-state index contributed by atoms with van der Waals surface area (Å²) < 4.78 is 5.08. The summed E-state index contributed by atoms with van der Waals surface area (Å²) in [7, 11) is 0. The minimum atomic E-state index is -0.253. The smallest absolute Gasteiger partial charge is 0.343 e. The molecule has 0 radical (unpaired) electrons. The fourth-order valence-corrected chi connectivity index (χ4v) is 3.25. The summed E-state index contributed by atoms with van der Waals surface area (Å²) in [6, 6.07) is 8.27. The number of benzene rings is 1. The van der Waals surface area contributed by atoms with Gasteiger partial charge in [0, 0.05) is 17.7 Å². The molecule has 0 saturated carbocycles. The van der Waals surface area contributed by atoms with Gasteiger partial charge in [0.2, 0.25) is 0 Å². The number of carbonyl (C=O) groups excluding carboxylic acids is 1. The maximum Gasteiger partial charge on any atom is 0.343 e. The minimum absolute atomic E-state index is 0.253. The van der Waals surface area contributed by atoms with Gasteiger partial charge in [0.05, 0.1) is 18.5 Å². The third kappa shape index (κ3) is 1.96. The predicted octanol–water partition coefficient (Wildman–Crippen LogP) is -0.0125. The molecule has 0 aliphatic carbocycles. The molecule has 1 aromatic carbocycles. The van der Waals surface area contributed by atoms with Crippen LogP contribution in [0.15, 0.2) is 64.6 Å². The van der Waals surface area contributed by atoms with Crippen molar-refractivity contribution < 1.29 is 14.4 Å². The Bertz CT molecular complexity index is 875. The highest BCUT2D eigenvalue weighted by Crippen LogP contribution is 2.24. The van der Waals surface area contributed by atoms with Crippen molar-refractivity contribution in [1.29, 1.82) is 0 Å². The number of allylic oxidation sites excluding steroid dienone is 2. The van der Waals surface area contributed by atoms with E-state index >= 15 is 0 Å². The lowest BCUT2D eigenvalue weighted by molar-refractivity contribution is -0.804. The van der Waals surface area contributed by atoms with Gasteiger partial charge in [0.1, 0.15) is 17.5 Å². The van der Waals surface area contributed by atoms with Crippen LogP contribution in [0.1, 0.15) is 13.3 Å². The predicted molar refractivity (Wildman–Crippen MR) is 82.0 cm³/mol. The number of rotatable bonds is 2. The van der Waals surface area contributed by atoms with Crippen molar-refractivity contribution in [3.8, 4) is 0 Å². The van der Waals surface area contributed by atoms with Crippen molar-refractivity contribution in [2.24, 2.45) is 4.99 Å². The van der Waals surface area contributed by atoms with Gasteiger partial charge in [-0.1, -0.05) is 18.2 Å². The summed E-state index contributed by atoms with van der Waals surface area (Å²) in [6.45, 7) is 3.16. The van der Waals surface area contributed by atoms with Crippen molar-refractivity contribution in [1.82, 2.24) is 0 Å². The number of nitrogens with zero attached hydrogens (tertiary/aromatic N) is 1. The van der Waals surface area contributed by atoms with Gasteiger partial charge in [-0.15, -0.1) is 0 Å². The number of esters is 1. The molecule has 110 valence electrons. The number of carbonyl (C=O) groups is 1. The van der Waals surface area contributed by atoms with Crippen molar-refractivity contribution in [3.05, 3.63) is 70.2 Å². The SMILES string of the molecule is CCOC(=O)C1=C[NH+]2CCC3=c4ccccc4=NC3=C2C=C1. The Morgan fingerprint density at radius 1 is 1.32 bits per heavy atom. The summed E-state index contributed by atoms with van der Waals surface area (Å²) in [5, 5.41) is 2.30. The molecule has 1 unspecified atom stereocenters. The largest absolute Gasteiger partial charge is 0.462 e. The monoisotopic (exact) mass is 293 g/mol. The molecule has 4 nitrogen and oxygen atoms in total. The number of nitrogens with one attached hydrogen (secondary N) is 1. The average molecular weight is 293 g/mol. The van der Waals surface area contributed by atoms with E-state index in [2.05, 4.69) is 18.2 Å². The van der Waals surface area contributed by atoms with E-state index in [0.29, 0.717) is 12.2 Å². The molecular formula is C18H17N2O2+. The number of ether oxygens (including phenoxy) is 1. The summed E-state index contributed by atoms with van der Waals surface area (Å²) in [5.41, 5.74) is 4.16. The van der Waals surface area contributed by atoms with E-state index in [1.807, 2.05) is 31.3 Å². The second kappa shape index (κ2) is 5.07. The van der Waals surface area contributed by atoms with Crippen LogP contribution in [0.4, 0.5) is 0 Å². The van der Waals surface area contributed by atoms with Gasteiger partial charge in [0.15, 0.2) is 5.70 Å². The molecule has 0 saturated heterocycles. The first kappa shape index (κ1) is 13.2. The molecule has 4 rings (SSSR count). The molecular weight excluding hydrogens is 276 g/mol. The molecule has 1 N–H and O–H groups in total. The summed E-state index contributed by atoms with van der Waals surface area (Å²) in [5.74, 6) is -0.253. The average Bonchev–Trinajstić information content (AvgIpc) is 2.93. The molecule has 0 bridgehead atoms. The molecule has 22 heavy (non-hydrogen) atoms. The van der Waals surface area contributed by atoms with Crippen LogP contribution in [0.2, 0.25) is 0 Å². The lowest BCUT2D eigenvalue weighted by atomic mass is 9.98. The summed E-state index contributed by atoms with van der Waals surface area (Å²) >= 11 is 0. The van der Waals surface area contributed by atoms with Crippen LogP contribution in [0.5, 0.6) is 0 Å². The van der Waals surface area contributed by atoms with E-state index in [4.69, 9.17) is 9.73 Å². The number of hydrogen-bond acceptors (Lipinski definition) is 3. The standard InChI is InChI=1S/C18H16N2O2/c1-2-22-18(21)12-7-8-16-17-14(9-10-20(16)11-12)13-5-3-4-6-15(13)19-17/h3-8,11H,2,9-10H2,1H3/p+1. The number of para-hydroxylation sites is 1. The zero-order valence-corrected chi connectivity index (χ0v) is 12.4. The third-order valence-corrected chi connectivity index (χ3v) is 4.26. The maximum absolute atomic E-state index is 11.9. The molecule has 0 amide bonds. The van der Waals surface area contributed by atoms with Gasteiger partial charge in [-0.3, -0.25) is 4.90 Å². The van der Waals surface area contributed by atoms with Crippen LogP contribution >= 0.6 is 0 Å². The van der Waals surface area contributed by atoms with Crippen molar-refractivity contribution in [2.75, 3.05) is 13.2 Å². The Morgan fingerprint density at radius 2 is 2.18 bits per heavy atom. The lowest BCUT2D eigenvalue weighted by Gasteiger charge is -2.25. The Hall–Kier alpha value is -2.46. The third-order valence-electron chi connectivity index (χ3n) is 4.26. The summed E-state index contributed by atoms with van der Waals surface area (Å²) in [6.07, 6.45) is 6.77. The molecule has 3 heterocycles. The Morgan fingerprint density at radius 3 is 3.05 bits per heavy atom. The first-order valence-corrected chi connectivity index (χ1v) is 7.62. The van der Waals surface area contributed by atoms with Crippen molar-refractivity contribution in [2.45, 2.75) is 13.3 Å². The van der Waals surface area contributed by atoms with E-state index in [0.717, 1.165) is 29.7 Å². The zero-order chi connectivity index (χ0) is 15.1. The molecule has 0 aromatic heterocycles. The summed E-state index contributed by atoms with van der Waals surface area (Å²) in [4.78, 5) is 17.8. The highest BCUT2D eigenvalue weighted by Gasteiger charge is 2.31. The maximum atomic E-state index is 11.9. The van der Waals surface area contributed by atoms with Gasteiger partial charge in [-0.25, -0.2) is 9.79 Å². The Balaban J connectivity index is 1.78. The minimum Gasteiger partial charge on any atom is -0.462 e. The fourth-order valence-electron chi connectivity index (χ4n) is 3.25. The van der Waals surface area contributed by atoms with Gasteiger partial charge in [0.25, 0.3) is 0 Å². The zero-order valence-electron chi connectivity index (χ0n) is 12.4. The molecule has 1 atom stereocenters. The second-order valence-electron chi connectivity index (χ2n) is 5.55. The first-order chi connectivity index (χ1) is 10.8. The van der Waals surface area contributed by atoms with E-state index in [-0.39, 0.29) is 5.97 Å². The van der Waals surface area contributed by atoms with E-state index < -0.39 is 0 Å². The number of quaternary nitrogens is 1. The van der Waals surface area contributed by atoms with Crippen LogP contribution in [-0.4, -0.2) is 19.1 Å². The number of fused-ring (bicyclic) bond motifs is 3. The van der Waals surface area contributed by atoms with E-state index in [9.17, 15) is 4.79 Å². The normalized spacial score (nSPS) is 21.6. The molecule has 3 aliphatic heterocycles. The molecule has 0 spiro atoms. The fraction of sp³-hybridized carbons (Fsp3) is 0.222. The molecule has 0 fully saturated rings. The lowest BCUT2D eigenvalue weighted by Crippen LogP contribution is -3.06.